The summed E-state index contributed by atoms with van der Waals surface area (Å²) in [5.74, 6) is 0.905. The number of aromatic nitrogens is 2. The Balaban J connectivity index is 1.79. The van der Waals surface area contributed by atoms with Crippen LogP contribution in [-0.4, -0.2) is 15.9 Å². The molecule has 134 valence electrons. The van der Waals surface area contributed by atoms with Crippen molar-refractivity contribution in [2.75, 3.05) is 10.6 Å². The Morgan fingerprint density at radius 1 is 1.08 bits per heavy atom. The van der Waals surface area contributed by atoms with Gasteiger partial charge in [-0.15, -0.1) is 0 Å². The molecule has 1 aromatic carbocycles. The summed E-state index contributed by atoms with van der Waals surface area (Å²) in [6.07, 6.45) is 1.61. The molecule has 2 heterocycles. The van der Waals surface area contributed by atoms with Gasteiger partial charge in [-0.3, -0.25) is 4.79 Å². The summed E-state index contributed by atoms with van der Waals surface area (Å²) in [6.45, 7) is 8.29. The van der Waals surface area contributed by atoms with E-state index in [-0.39, 0.29) is 5.91 Å². The van der Waals surface area contributed by atoms with E-state index >= 15 is 0 Å². The minimum atomic E-state index is -0.258. The number of nitrogens with one attached hydrogen (secondary N) is 2. The van der Waals surface area contributed by atoms with Crippen LogP contribution in [0.3, 0.4) is 0 Å². The van der Waals surface area contributed by atoms with Crippen LogP contribution in [0.4, 0.5) is 11.6 Å². The zero-order valence-corrected chi connectivity index (χ0v) is 15.4. The first-order chi connectivity index (χ1) is 12.4. The third-order valence-corrected chi connectivity index (χ3v) is 4.00. The van der Waals surface area contributed by atoms with Gasteiger partial charge in [-0.05, 0) is 57.0 Å². The van der Waals surface area contributed by atoms with Gasteiger partial charge >= 0.3 is 0 Å². The highest BCUT2D eigenvalue weighted by Gasteiger charge is 2.14. The number of hydrogen-bond acceptors (Lipinski definition) is 5. The van der Waals surface area contributed by atoms with Crippen LogP contribution in [0, 0.1) is 27.7 Å². The van der Waals surface area contributed by atoms with Crippen molar-refractivity contribution in [3.63, 3.8) is 0 Å². The van der Waals surface area contributed by atoms with E-state index in [0.29, 0.717) is 23.9 Å². The molecule has 0 aliphatic rings. The normalized spacial score (nSPS) is 10.6. The quantitative estimate of drug-likeness (QED) is 0.722. The van der Waals surface area contributed by atoms with Gasteiger partial charge in [0, 0.05) is 11.4 Å². The number of rotatable bonds is 5. The predicted molar refractivity (Wildman–Crippen MR) is 101 cm³/mol. The van der Waals surface area contributed by atoms with Crippen molar-refractivity contribution in [1.29, 1.82) is 0 Å². The van der Waals surface area contributed by atoms with Gasteiger partial charge in [0.15, 0.2) is 0 Å². The summed E-state index contributed by atoms with van der Waals surface area (Å²) in [7, 11) is 0. The number of carbonyl (C=O) groups excluding carboxylic acids is 1. The molecule has 0 radical (unpaired) electrons. The predicted octanol–water partition coefficient (Wildman–Crippen LogP) is 4.17. The second kappa shape index (κ2) is 7.39. The molecule has 0 saturated carbocycles. The Morgan fingerprint density at radius 3 is 2.46 bits per heavy atom. The van der Waals surface area contributed by atoms with Crippen molar-refractivity contribution in [3.8, 4) is 0 Å². The number of anilines is 2. The molecule has 0 aliphatic carbocycles. The van der Waals surface area contributed by atoms with Gasteiger partial charge in [0.2, 0.25) is 5.95 Å². The van der Waals surface area contributed by atoms with Crippen LogP contribution in [0.5, 0.6) is 0 Å². The van der Waals surface area contributed by atoms with E-state index in [1.54, 1.807) is 12.3 Å². The maximum Gasteiger partial charge on any atom is 0.274 e. The van der Waals surface area contributed by atoms with Crippen LogP contribution >= 0.6 is 0 Å². The van der Waals surface area contributed by atoms with E-state index in [2.05, 4.69) is 20.6 Å². The van der Waals surface area contributed by atoms with Crippen molar-refractivity contribution in [1.82, 2.24) is 9.97 Å². The molecular formula is C20H22N4O2. The van der Waals surface area contributed by atoms with Crippen molar-refractivity contribution in [2.45, 2.75) is 34.2 Å². The lowest BCUT2D eigenvalue weighted by Crippen LogP contribution is -2.17. The van der Waals surface area contributed by atoms with Gasteiger partial charge in [0.1, 0.15) is 11.5 Å². The van der Waals surface area contributed by atoms with Crippen LogP contribution in [0.15, 0.2) is 41.0 Å². The minimum Gasteiger partial charge on any atom is -0.467 e. The van der Waals surface area contributed by atoms with Crippen molar-refractivity contribution >= 4 is 17.5 Å². The summed E-state index contributed by atoms with van der Waals surface area (Å²) in [5.41, 5.74) is 5.07. The van der Waals surface area contributed by atoms with Crippen LogP contribution in [0.2, 0.25) is 0 Å². The smallest absolute Gasteiger partial charge is 0.274 e. The Morgan fingerprint density at radius 2 is 1.81 bits per heavy atom. The monoisotopic (exact) mass is 350 g/mol. The summed E-state index contributed by atoms with van der Waals surface area (Å²) in [4.78, 5) is 21.3. The minimum absolute atomic E-state index is 0.258. The fourth-order valence-corrected chi connectivity index (χ4v) is 2.90. The highest BCUT2D eigenvalue weighted by molar-refractivity contribution is 6.04. The molecular weight excluding hydrogens is 328 g/mol. The van der Waals surface area contributed by atoms with Crippen LogP contribution < -0.4 is 10.6 Å². The molecule has 6 nitrogen and oxygen atoms in total. The molecule has 26 heavy (non-hydrogen) atoms. The lowest BCUT2D eigenvalue weighted by Gasteiger charge is -2.13. The van der Waals surface area contributed by atoms with E-state index in [0.717, 1.165) is 22.6 Å². The van der Waals surface area contributed by atoms with Crippen molar-refractivity contribution < 1.29 is 9.21 Å². The van der Waals surface area contributed by atoms with Gasteiger partial charge in [-0.2, -0.15) is 0 Å². The van der Waals surface area contributed by atoms with Gasteiger partial charge < -0.3 is 15.1 Å². The lowest BCUT2D eigenvalue weighted by molar-refractivity contribution is 0.102. The molecule has 0 unspecified atom stereocenters. The fraction of sp³-hybridized carbons (Fsp3) is 0.250. The molecule has 0 spiro atoms. The second-order valence-corrected chi connectivity index (χ2v) is 6.38. The Kier molecular flexibility index (Phi) is 5.02. The number of aryl methyl sites for hydroxylation is 4. The molecule has 0 atom stereocenters. The van der Waals surface area contributed by atoms with E-state index in [1.807, 2.05) is 52.0 Å². The summed E-state index contributed by atoms with van der Waals surface area (Å²) >= 11 is 0. The Labute approximate surface area is 152 Å². The molecule has 6 heteroatoms. The summed E-state index contributed by atoms with van der Waals surface area (Å²) in [6, 6.07) is 9.44. The van der Waals surface area contributed by atoms with Gasteiger partial charge in [-0.25, -0.2) is 9.97 Å². The Hall–Kier alpha value is -3.15. The molecule has 2 N–H and O–H groups in total. The fourth-order valence-electron chi connectivity index (χ4n) is 2.90. The third-order valence-electron chi connectivity index (χ3n) is 4.00. The van der Waals surface area contributed by atoms with E-state index in [9.17, 15) is 4.79 Å². The topological polar surface area (TPSA) is 80.0 Å². The van der Waals surface area contributed by atoms with E-state index in [4.69, 9.17) is 4.42 Å². The van der Waals surface area contributed by atoms with Crippen molar-refractivity contribution in [2.24, 2.45) is 0 Å². The maximum atomic E-state index is 12.7. The van der Waals surface area contributed by atoms with Crippen LogP contribution in [0.25, 0.3) is 0 Å². The lowest BCUT2D eigenvalue weighted by atomic mass is 10.0. The highest BCUT2D eigenvalue weighted by atomic mass is 16.3. The SMILES string of the molecule is Cc1cc(C)c(NC(=O)c2cc(C)nc(NCc3ccco3)n2)c(C)c1. The summed E-state index contributed by atoms with van der Waals surface area (Å²) < 4.78 is 5.28. The molecule has 3 rings (SSSR count). The number of carbonyl (C=O) groups is 1. The molecule has 1 amide bonds. The number of nitrogens with zero attached hydrogens (tertiary/aromatic N) is 2. The first kappa shape index (κ1) is 17.7. The zero-order chi connectivity index (χ0) is 18.7. The first-order valence-corrected chi connectivity index (χ1v) is 8.43. The molecule has 0 bridgehead atoms. The van der Waals surface area contributed by atoms with E-state index in [1.165, 1.54) is 5.56 Å². The molecule has 0 fully saturated rings. The first-order valence-electron chi connectivity index (χ1n) is 8.43. The number of hydrogen-bond donors (Lipinski definition) is 2. The van der Waals surface area contributed by atoms with E-state index < -0.39 is 0 Å². The van der Waals surface area contributed by atoms with Crippen LogP contribution in [0.1, 0.15) is 38.6 Å². The highest BCUT2D eigenvalue weighted by Crippen LogP contribution is 2.22. The molecule has 0 aliphatic heterocycles. The zero-order valence-electron chi connectivity index (χ0n) is 15.4. The standard InChI is InChI=1S/C20H22N4O2/c1-12-8-13(2)18(14(3)9-12)24-19(25)17-10-15(4)22-20(23-17)21-11-16-6-5-7-26-16/h5-10H,11H2,1-4H3,(H,24,25)(H,21,22,23). The second-order valence-electron chi connectivity index (χ2n) is 6.38. The Bertz CT molecular complexity index is 910. The molecule has 2 aromatic heterocycles. The van der Waals surface area contributed by atoms with Gasteiger partial charge in [-0.1, -0.05) is 17.7 Å². The van der Waals surface area contributed by atoms with Gasteiger partial charge in [0.25, 0.3) is 5.91 Å². The average molecular weight is 350 g/mol. The molecule has 3 aromatic rings. The van der Waals surface area contributed by atoms with Gasteiger partial charge in [0.05, 0.1) is 12.8 Å². The molecule has 0 saturated heterocycles. The summed E-state index contributed by atoms with van der Waals surface area (Å²) in [5, 5.41) is 6.05. The number of amides is 1. The third kappa shape index (κ3) is 4.08. The number of furan rings is 1. The average Bonchev–Trinajstić information content (AvgIpc) is 3.09. The van der Waals surface area contributed by atoms with Crippen LogP contribution in [-0.2, 0) is 6.54 Å². The number of benzene rings is 1. The largest absolute Gasteiger partial charge is 0.467 e. The maximum absolute atomic E-state index is 12.7. The van der Waals surface area contributed by atoms with Crippen molar-refractivity contribution in [3.05, 3.63) is 70.4 Å².